The van der Waals surface area contributed by atoms with E-state index in [-0.39, 0.29) is 6.04 Å². The van der Waals surface area contributed by atoms with Gasteiger partial charge in [-0.1, -0.05) is 23.2 Å². The molecule has 2 aromatic rings. The summed E-state index contributed by atoms with van der Waals surface area (Å²) in [5, 5.41) is 1.56. The number of hydrogen-bond acceptors (Lipinski definition) is 3. The van der Waals surface area contributed by atoms with Crippen LogP contribution in [-0.4, -0.2) is 27.5 Å². The highest BCUT2D eigenvalue weighted by Gasteiger charge is 2.32. The molecule has 1 aromatic carbocycles. The van der Waals surface area contributed by atoms with Gasteiger partial charge in [0.1, 0.15) is 0 Å². The molecule has 4 nitrogen and oxygen atoms in total. The molecule has 0 amide bonds. The predicted molar refractivity (Wildman–Crippen MR) is 90.1 cm³/mol. The molecule has 1 aliphatic heterocycles. The van der Waals surface area contributed by atoms with Crippen LogP contribution in [0.4, 0.5) is 0 Å². The number of nitrogens with zero attached hydrogens (tertiary/aromatic N) is 3. The Labute approximate surface area is 140 Å². The molecule has 2 N–H and O–H groups in total. The molecule has 1 aliphatic rings. The van der Waals surface area contributed by atoms with Crippen LogP contribution in [0.15, 0.2) is 30.9 Å². The van der Waals surface area contributed by atoms with Crippen LogP contribution in [0, 0.1) is 0 Å². The third kappa shape index (κ3) is 3.15. The molecule has 0 spiro atoms. The molecular formula is C16H20Cl2N4. The fourth-order valence-corrected chi connectivity index (χ4v) is 3.68. The zero-order chi connectivity index (χ0) is 15.5. The second-order valence-corrected chi connectivity index (χ2v) is 6.47. The van der Waals surface area contributed by atoms with E-state index in [4.69, 9.17) is 28.9 Å². The zero-order valence-corrected chi connectivity index (χ0v) is 13.9. The first-order valence-electron chi connectivity index (χ1n) is 7.57. The van der Waals surface area contributed by atoms with E-state index in [1.165, 1.54) is 0 Å². The molecule has 2 heterocycles. The highest BCUT2D eigenvalue weighted by Crippen LogP contribution is 2.41. The Hall–Kier alpha value is -1.07. The quantitative estimate of drug-likeness (QED) is 0.820. The standard InChI is InChI=1S/C16H20Cl2N4/c17-13-3-4-14(18)16-12(13)10-22(15(16)9-19)7-2-1-6-21-8-5-20-11-21/h3-5,8,11,15H,1-2,6-7,9-10,19H2. The maximum Gasteiger partial charge on any atom is 0.0945 e. The van der Waals surface area contributed by atoms with Crippen molar-refractivity contribution in [3.05, 3.63) is 52.0 Å². The molecule has 1 atom stereocenters. The number of halogens is 2. The minimum atomic E-state index is 0.175. The molecule has 0 saturated carbocycles. The molecule has 0 aliphatic carbocycles. The molecule has 3 rings (SSSR count). The molecule has 6 heteroatoms. The van der Waals surface area contributed by atoms with Gasteiger partial charge in [0.2, 0.25) is 0 Å². The Bertz CT molecular complexity index is 627. The molecule has 0 radical (unpaired) electrons. The average Bonchev–Trinajstić information content (AvgIpc) is 3.15. The Morgan fingerprint density at radius 2 is 1.95 bits per heavy atom. The molecule has 0 bridgehead atoms. The van der Waals surface area contributed by atoms with E-state index in [1.54, 1.807) is 0 Å². The number of fused-ring (bicyclic) bond motifs is 1. The summed E-state index contributed by atoms with van der Waals surface area (Å²) in [5.74, 6) is 0. The third-order valence-corrected chi connectivity index (χ3v) is 4.96. The second-order valence-electron chi connectivity index (χ2n) is 5.65. The van der Waals surface area contributed by atoms with Gasteiger partial charge in [-0.3, -0.25) is 4.90 Å². The first-order valence-corrected chi connectivity index (χ1v) is 8.33. The van der Waals surface area contributed by atoms with Crippen LogP contribution in [0.25, 0.3) is 0 Å². The van der Waals surface area contributed by atoms with Crippen molar-refractivity contribution in [2.24, 2.45) is 5.73 Å². The number of hydrogen-bond donors (Lipinski definition) is 1. The van der Waals surface area contributed by atoms with Gasteiger partial charge in [0.05, 0.1) is 6.33 Å². The summed E-state index contributed by atoms with van der Waals surface area (Å²) in [7, 11) is 0. The Kier molecular flexibility index (Phi) is 5.03. The summed E-state index contributed by atoms with van der Waals surface area (Å²) < 4.78 is 2.10. The van der Waals surface area contributed by atoms with Crippen molar-refractivity contribution in [3.63, 3.8) is 0 Å². The van der Waals surface area contributed by atoms with Gasteiger partial charge in [0, 0.05) is 48.1 Å². The van der Waals surface area contributed by atoms with Crippen molar-refractivity contribution in [1.82, 2.24) is 14.5 Å². The van der Waals surface area contributed by atoms with Gasteiger partial charge in [-0.25, -0.2) is 4.98 Å². The van der Waals surface area contributed by atoms with Crippen LogP contribution in [0.1, 0.15) is 30.0 Å². The normalized spacial score (nSPS) is 17.9. The van der Waals surface area contributed by atoms with Crippen LogP contribution in [0.3, 0.4) is 0 Å². The van der Waals surface area contributed by atoms with Gasteiger partial charge in [0.25, 0.3) is 0 Å². The number of rotatable bonds is 6. The maximum atomic E-state index is 6.36. The number of benzene rings is 1. The van der Waals surface area contributed by atoms with Crippen LogP contribution in [0.5, 0.6) is 0 Å². The van der Waals surface area contributed by atoms with Gasteiger partial charge in [-0.05, 0) is 42.6 Å². The summed E-state index contributed by atoms with van der Waals surface area (Å²) in [6.07, 6.45) is 7.88. The molecule has 1 aromatic heterocycles. The van der Waals surface area contributed by atoms with E-state index < -0.39 is 0 Å². The monoisotopic (exact) mass is 338 g/mol. The number of aromatic nitrogens is 2. The maximum absolute atomic E-state index is 6.36. The second kappa shape index (κ2) is 7.01. The lowest BCUT2D eigenvalue weighted by atomic mass is 10.0. The Morgan fingerprint density at radius 3 is 2.68 bits per heavy atom. The minimum absolute atomic E-state index is 0.175. The molecule has 0 fully saturated rings. The smallest absolute Gasteiger partial charge is 0.0945 e. The van der Waals surface area contributed by atoms with Crippen LogP contribution in [-0.2, 0) is 13.1 Å². The lowest BCUT2D eigenvalue weighted by Crippen LogP contribution is -2.29. The summed E-state index contributed by atoms with van der Waals surface area (Å²) in [4.78, 5) is 6.44. The van der Waals surface area contributed by atoms with Gasteiger partial charge in [-0.15, -0.1) is 0 Å². The van der Waals surface area contributed by atoms with Crippen molar-refractivity contribution >= 4 is 23.2 Å². The van der Waals surface area contributed by atoms with Gasteiger partial charge in [0.15, 0.2) is 0 Å². The molecule has 22 heavy (non-hydrogen) atoms. The fourth-order valence-electron chi connectivity index (χ4n) is 3.16. The molecule has 0 saturated heterocycles. The molecule has 118 valence electrons. The first-order chi connectivity index (χ1) is 10.7. The largest absolute Gasteiger partial charge is 0.337 e. The van der Waals surface area contributed by atoms with E-state index in [0.717, 1.165) is 53.6 Å². The van der Waals surface area contributed by atoms with Crippen molar-refractivity contribution in [1.29, 1.82) is 0 Å². The first kappa shape index (κ1) is 15.8. The minimum Gasteiger partial charge on any atom is -0.337 e. The lowest BCUT2D eigenvalue weighted by Gasteiger charge is -2.24. The van der Waals surface area contributed by atoms with Gasteiger partial charge >= 0.3 is 0 Å². The van der Waals surface area contributed by atoms with Crippen LogP contribution < -0.4 is 5.73 Å². The summed E-state index contributed by atoms with van der Waals surface area (Å²) in [5.41, 5.74) is 8.24. The van der Waals surface area contributed by atoms with E-state index in [0.29, 0.717) is 6.54 Å². The summed E-state index contributed by atoms with van der Waals surface area (Å²) >= 11 is 12.7. The van der Waals surface area contributed by atoms with Crippen molar-refractivity contribution in [3.8, 4) is 0 Å². The number of nitrogens with two attached hydrogens (primary N) is 1. The molecule has 1 unspecified atom stereocenters. The Morgan fingerprint density at radius 1 is 1.18 bits per heavy atom. The number of aryl methyl sites for hydroxylation is 1. The van der Waals surface area contributed by atoms with Crippen LogP contribution in [0.2, 0.25) is 10.0 Å². The summed E-state index contributed by atoms with van der Waals surface area (Å²) in [6.45, 7) is 3.39. The average molecular weight is 339 g/mol. The summed E-state index contributed by atoms with van der Waals surface area (Å²) in [6, 6.07) is 3.92. The third-order valence-electron chi connectivity index (χ3n) is 4.28. The van der Waals surface area contributed by atoms with Crippen LogP contribution >= 0.6 is 23.2 Å². The van der Waals surface area contributed by atoms with Crippen molar-refractivity contribution in [2.75, 3.05) is 13.1 Å². The van der Waals surface area contributed by atoms with E-state index in [2.05, 4.69) is 14.5 Å². The topological polar surface area (TPSA) is 47.1 Å². The highest BCUT2D eigenvalue weighted by atomic mass is 35.5. The SMILES string of the molecule is NCC1c2c(Cl)ccc(Cl)c2CN1CCCCn1ccnc1. The highest BCUT2D eigenvalue weighted by molar-refractivity contribution is 6.34. The van der Waals surface area contributed by atoms with Crippen molar-refractivity contribution < 1.29 is 0 Å². The van der Waals surface area contributed by atoms with E-state index in [9.17, 15) is 0 Å². The molecular weight excluding hydrogens is 319 g/mol. The van der Waals surface area contributed by atoms with Gasteiger partial charge in [-0.2, -0.15) is 0 Å². The zero-order valence-electron chi connectivity index (χ0n) is 12.4. The van der Waals surface area contributed by atoms with Gasteiger partial charge < -0.3 is 10.3 Å². The van der Waals surface area contributed by atoms with E-state index in [1.807, 2.05) is 30.9 Å². The lowest BCUT2D eigenvalue weighted by molar-refractivity contribution is 0.214. The van der Waals surface area contributed by atoms with Crippen molar-refractivity contribution in [2.45, 2.75) is 32.0 Å². The Balaban J connectivity index is 1.61. The number of imidazole rings is 1. The fraction of sp³-hybridized carbons (Fsp3) is 0.438. The van der Waals surface area contributed by atoms with E-state index >= 15 is 0 Å². The predicted octanol–water partition coefficient (Wildman–Crippen LogP) is 3.49. The number of unbranched alkanes of at least 4 members (excludes halogenated alkanes) is 1.